The van der Waals surface area contributed by atoms with Crippen LogP contribution in [0, 0.1) is 11.6 Å². The molecule has 0 aromatic heterocycles. The molecule has 6 heteroatoms. The summed E-state index contributed by atoms with van der Waals surface area (Å²) in [4.78, 5) is 0. The van der Waals surface area contributed by atoms with Crippen molar-refractivity contribution >= 4 is 9.76 Å². The summed E-state index contributed by atoms with van der Waals surface area (Å²) in [5.41, 5.74) is 0.529. The van der Waals surface area contributed by atoms with Gasteiger partial charge in [0.25, 0.3) is 6.48 Å². The Morgan fingerprint density at radius 1 is 1.17 bits per heavy atom. The molecule has 0 aliphatic heterocycles. The fourth-order valence-corrected chi connectivity index (χ4v) is 2.21. The fourth-order valence-electron chi connectivity index (χ4n) is 1.55. The van der Waals surface area contributed by atoms with E-state index in [1.165, 1.54) is 12.1 Å². The number of benzene rings is 1. The number of hydrogen-bond donors (Lipinski definition) is 2. The first kappa shape index (κ1) is 15.2. The van der Waals surface area contributed by atoms with Crippen LogP contribution in [0.3, 0.4) is 0 Å². The maximum absolute atomic E-state index is 13.3. The summed E-state index contributed by atoms with van der Waals surface area (Å²) in [5, 5.41) is 16.8. The van der Waals surface area contributed by atoms with Crippen LogP contribution in [-0.4, -0.2) is 26.5 Å². The van der Waals surface area contributed by atoms with Crippen molar-refractivity contribution in [2.75, 3.05) is 0 Å². The highest BCUT2D eigenvalue weighted by atomic mass is 28.2. The predicted octanol–water partition coefficient (Wildman–Crippen LogP) is 2.00. The Kier molecular flexibility index (Phi) is 7.03. The summed E-state index contributed by atoms with van der Waals surface area (Å²) in [6.45, 7) is -1.70. The zero-order valence-electron chi connectivity index (χ0n) is 9.90. The molecule has 0 unspecified atom stereocenters. The molecular weight excluding hydrogens is 258 g/mol. The van der Waals surface area contributed by atoms with Crippen LogP contribution >= 0.6 is 0 Å². The average Bonchev–Trinajstić information content (AvgIpc) is 2.30. The summed E-state index contributed by atoms with van der Waals surface area (Å²) >= 11 is 0. The van der Waals surface area contributed by atoms with Crippen LogP contribution < -0.4 is 0 Å². The third-order valence-corrected chi connectivity index (χ3v) is 3.36. The number of rotatable bonds is 8. The van der Waals surface area contributed by atoms with E-state index < -0.39 is 18.1 Å². The Morgan fingerprint density at radius 3 is 2.61 bits per heavy atom. The highest BCUT2D eigenvalue weighted by molar-refractivity contribution is 6.26. The van der Waals surface area contributed by atoms with Crippen LogP contribution in [0.4, 0.5) is 8.78 Å². The van der Waals surface area contributed by atoms with E-state index >= 15 is 0 Å². The Balaban J connectivity index is 2.11. The van der Waals surface area contributed by atoms with Gasteiger partial charge in [-0.05, 0) is 30.5 Å². The van der Waals surface area contributed by atoms with Crippen LogP contribution in [0.25, 0.3) is 0 Å². The van der Waals surface area contributed by atoms with Crippen LogP contribution in [0.2, 0.25) is 6.04 Å². The van der Waals surface area contributed by atoms with Crippen molar-refractivity contribution in [3.8, 4) is 0 Å². The van der Waals surface area contributed by atoms with Gasteiger partial charge in [-0.1, -0.05) is 18.9 Å². The van der Waals surface area contributed by atoms with Crippen LogP contribution in [0.1, 0.15) is 24.8 Å². The van der Waals surface area contributed by atoms with Crippen molar-refractivity contribution in [2.24, 2.45) is 0 Å². The highest BCUT2D eigenvalue weighted by Crippen LogP contribution is 2.13. The van der Waals surface area contributed by atoms with E-state index in [0.29, 0.717) is 12.0 Å². The normalized spacial score (nSPS) is 11.2. The van der Waals surface area contributed by atoms with Crippen molar-refractivity contribution in [1.29, 1.82) is 0 Å². The van der Waals surface area contributed by atoms with Gasteiger partial charge in [-0.2, -0.15) is 0 Å². The minimum absolute atomic E-state index is 0.0626. The zero-order chi connectivity index (χ0) is 13.4. The van der Waals surface area contributed by atoms with Crippen LogP contribution in [0.15, 0.2) is 18.2 Å². The first-order chi connectivity index (χ1) is 8.59. The molecule has 2 N–H and O–H groups in total. The molecule has 2 radical (unpaired) electrons. The van der Waals surface area contributed by atoms with E-state index in [9.17, 15) is 8.78 Å². The quantitative estimate of drug-likeness (QED) is 0.433. The number of halogens is 2. The molecule has 0 saturated carbocycles. The van der Waals surface area contributed by atoms with Gasteiger partial charge in [-0.25, -0.2) is 8.78 Å². The van der Waals surface area contributed by atoms with E-state index in [2.05, 4.69) is 4.43 Å². The molecule has 0 atom stereocenters. The van der Waals surface area contributed by atoms with Gasteiger partial charge in [-0.3, -0.25) is 0 Å². The summed E-state index contributed by atoms with van der Waals surface area (Å²) < 4.78 is 30.5. The third-order valence-electron chi connectivity index (χ3n) is 2.43. The maximum Gasteiger partial charge on any atom is 0.256 e. The molecule has 0 amide bonds. The fraction of sp³-hybridized carbons (Fsp3) is 0.500. The zero-order valence-corrected chi connectivity index (χ0v) is 10.9. The van der Waals surface area contributed by atoms with Crippen molar-refractivity contribution in [3.05, 3.63) is 35.4 Å². The lowest BCUT2D eigenvalue weighted by molar-refractivity contribution is -0.180. The van der Waals surface area contributed by atoms with Gasteiger partial charge < -0.3 is 14.6 Å². The van der Waals surface area contributed by atoms with Gasteiger partial charge in [0.15, 0.2) is 0 Å². The SMILES string of the molecule is OC(O)O[Si]CCCCCc1ccc(F)cc1F. The van der Waals surface area contributed by atoms with Gasteiger partial charge in [0, 0.05) is 6.07 Å². The third kappa shape index (κ3) is 6.20. The molecule has 0 fully saturated rings. The lowest BCUT2D eigenvalue weighted by atomic mass is 10.1. The smallest absolute Gasteiger partial charge is 0.256 e. The van der Waals surface area contributed by atoms with Crippen molar-refractivity contribution < 1.29 is 23.4 Å². The molecule has 0 aliphatic rings. The van der Waals surface area contributed by atoms with Crippen molar-refractivity contribution in [2.45, 2.75) is 38.2 Å². The molecule has 1 aromatic carbocycles. The van der Waals surface area contributed by atoms with Gasteiger partial charge in [-0.15, -0.1) is 0 Å². The first-order valence-corrected chi connectivity index (χ1v) is 6.89. The first-order valence-electron chi connectivity index (χ1n) is 5.78. The Labute approximate surface area is 107 Å². The molecule has 0 bridgehead atoms. The molecule has 18 heavy (non-hydrogen) atoms. The summed E-state index contributed by atoms with van der Waals surface area (Å²) in [7, 11) is 0.0626. The van der Waals surface area contributed by atoms with Crippen molar-refractivity contribution in [3.63, 3.8) is 0 Å². The lowest BCUT2D eigenvalue weighted by Crippen LogP contribution is -2.12. The van der Waals surface area contributed by atoms with Gasteiger partial charge >= 0.3 is 0 Å². The molecule has 0 aliphatic carbocycles. The molecule has 1 rings (SSSR count). The number of aryl methyl sites for hydroxylation is 1. The molecule has 3 nitrogen and oxygen atoms in total. The molecule has 1 aromatic rings. The van der Waals surface area contributed by atoms with E-state index in [0.717, 1.165) is 31.4 Å². The van der Waals surface area contributed by atoms with Crippen LogP contribution in [-0.2, 0) is 10.8 Å². The monoisotopic (exact) mass is 274 g/mol. The topological polar surface area (TPSA) is 49.7 Å². The predicted molar refractivity (Wildman–Crippen MR) is 63.8 cm³/mol. The van der Waals surface area contributed by atoms with Gasteiger partial charge in [0.2, 0.25) is 9.76 Å². The highest BCUT2D eigenvalue weighted by Gasteiger charge is 2.03. The summed E-state index contributed by atoms with van der Waals surface area (Å²) in [6.07, 6.45) is 3.18. The number of unbranched alkanes of at least 4 members (excludes halogenated alkanes) is 2. The minimum atomic E-state index is -1.70. The molecule has 0 heterocycles. The lowest BCUT2D eigenvalue weighted by Gasteiger charge is -2.05. The largest absolute Gasteiger partial charge is 0.372 e. The standard InChI is InChI=1S/C12H16F2O3Si/c13-10-6-5-9(11(14)8-10)4-2-1-3-7-18-17-12(15)16/h5-6,8,12,15-16H,1-4,7H2. The van der Waals surface area contributed by atoms with Crippen LogP contribution in [0.5, 0.6) is 0 Å². The van der Waals surface area contributed by atoms with E-state index in [1.807, 2.05) is 0 Å². The summed E-state index contributed by atoms with van der Waals surface area (Å²) in [5.74, 6) is -1.05. The average molecular weight is 274 g/mol. The Hall–Kier alpha value is -0.823. The van der Waals surface area contributed by atoms with E-state index in [1.54, 1.807) is 0 Å². The second-order valence-electron chi connectivity index (χ2n) is 3.88. The number of aliphatic hydroxyl groups excluding tert-OH is 1. The van der Waals surface area contributed by atoms with Crippen molar-refractivity contribution in [1.82, 2.24) is 0 Å². The molecule has 0 saturated heterocycles. The molecule has 100 valence electrons. The second-order valence-corrected chi connectivity index (χ2v) is 4.91. The number of hydrogen-bond acceptors (Lipinski definition) is 3. The Bertz CT molecular complexity index is 361. The number of aliphatic hydroxyl groups is 2. The second kappa shape index (κ2) is 8.31. The molecular formula is C12H16F2O3Si. The van der Waals surface area contributed by atoms with Gasteiger partial charge in [0.1, 0.15) is 11.6 Å². The summed E-state index contributed by atoms with van der Waals surface area (Å²) in [6, 6.07) is 4.38. The maximum atomic E-state index is 13.3. The van der Waals surface area contributed by atoms with Gasteiger partial charge in [0.05, 0.1) is 0 Å². The minimum Gasteiger partial charge on any atom is -0.372 e. The van der Waals surface area contributed by atoms with E-state index in [-0.39, 0.29) is 9.76 Å². The molecule has 0 spiro atoms. The Morgan fingerprint density at radius 2 is 1.94 bits per heavy atom. The van der Waals surface area contributed by atoms with E-state index in [4.69, 9.17) is 10.2 Å².